The Bertz CT molecular complexity index is 1580. The van der Waals surface area contributed by atoms with E-state index in [9.17, 15) is 4.79 Å². The number of ether oxygens (including phenoxy) is 3. The second-order valence-corrected chi connectivity index (χ2v) is 43.0. The van der Waals surface area contributed by atoms with Gasteiger partial charge in [-0.3, -0.25) is 4.79 Å². The van der Waals surface area contributed by atoms with Crippen molar-refractivity contribution in [2.24, 2.45) is 5.92 Å². The van der Waals surface area contributed by atoms with E-state index >= 15 is 0 Å². The third kappa shape index (κ3) is 8.75. The third-order valence-corrected chi connectivity index (χ3v) is 15.2. The normalized spacial score (nSPS) is 34.4. The number of hydrogen-bond acceptors (Lipinski definition) is 10. The molecule has 10 unspecified atom stereocenters. The molecule has 0 saturated carbocycles. The first-order valence-corrected chi connectivity index (χ1v) is 36.7. The zero-order valence-electron chi connectivity index (χ0n) is 35.2. The molecular weight excluding hydrogens is 755 g/mol. The quantitative estimate of drug-likeness (QED) is 0.156. The monoisotopic (exact) mass is 821 g/mol. The molecule has 10 nitrogen and oxygen atoms in total. The number of hydrogen-bond donors (Lipinski definition) is 0. The Kier molecular flexibility index (Phi) is 11.0. The van der Waals surface area contributed by atoms with Gasteiger partial charge in [0.1, 0.15) is 30.5 Å². The highest BCUT2D eigenvalue weighted by Gasteiger charge is 2.65. The van der Waals surface area contributed by atoms with Crippen LogP contribution < -0.4 is 9.47 Å². The minimum atomic E-state index is -2.30. The molecule has 53 heavy (non-hydrogen) atoms. The maximum Gasteiger partial charge on any atom is 0.324 e. The average molecular weight is 822 g/mol. The topological polar surface area (TPSA) is 94.2 Å². The predicted octanol–water partition coefficient (Wildman–Crippen LogP) is 7.49. The highest BCUT2D eigenvalue weighted by Crippen LogP contribution is 2.63. The predicted molar refractivity (Wildman–Crippen MR) is 222 cm³/mol. The van der Waals surface area contributed by atoms with Crippen LogP contribution in [0.2, 0.25) is 98.2 Å². The van der Waals surface area contributed by atoms with Gasteiger partial charge < -0.3 is 41.2 Å². The number of likely N-dealkylation sites (N-methyl/N-ethyl adjacent to an activating group) is 1. The summed E-state index contributed by atoms with van der Waals surface area (Å²) in [6.07, 6.45) is 2.22. The lowest BCUT2D eigenvalue weighted by atomic mass is 9.53. The summed E-state index contributed by atoms with van der Waals surface area (Å²) in [5.41, 5.74) is 2.35. The molecule has 0 amide bonds. The summed E-state index contributed by atoms with van der Waals surface area (Å²) in [6, 6.07) is 4.64. The summed E-state index contributed by atoms with van der Waals surface area (Å²) in [4.78, 5) is 16.7. The van der Waals surface area contributed by atoms with Crippen LogP contribution in [0.4, 0.5) is 0 Å². The molecule has 2 aliphatic carbocycles. The second kappa shape index (κ2) is 14.1. The number of carbonyl (C=O) groups excluding carboxylic acids is 1. The molecule has 3 aliphatic heterocycles. The molecule has 0 N–H and O–H groups in total. The Morgan fingerprint density at radius 2 is 1.34 bits per heavy atom. The van der Waals surface area contributed by atoms with E-state index in [0.29, 0.717) is 17.7 Å². The standard InChI is InChI=1S/C38H67NO9Si5/c1-39-22-21-38-25-18-20-28(44-49(2,3)4)35(38)42-30-27(19-17-24(29(30)38)23-26(25)39)41-37-34(47-52(11,12)13)32(46-51(8,9)10)31(45-50(5,6)7)33(43-37)36(40)48-53(14,15)16/h17-20,25-26,28,31-35,37H,21-23H2,1-16H3. The molecule has 3 heterocycles. The van der Waals surface area contributed by atoms with Gasteiger partial charge in [-0.15, -0.1) is 0 Å². The Balaban J connectivity index is 1.46. The summed E-state index contributed by atoms with van der Waals surface area (Å²) in [5, 5.41) is 0. The van der Waals surface area contributed by atoms with E-state index in [-0.39, 0.29) is 17.6 Å². The van der Waals surface area contributed by atoms with E-state index in [2.05, 4.69) is 109 Å². The van der Waals surface area contributed by atoms with E-state index in [0.717, 1.165) is 25.1 Å². The molecule has 5 aliphatic rings. The summed E-state index contributed by atoms with van der Waals surface area (Å²) < 4.78 is 55.1. The Morgan fingerprint density at radius 3 is 1.92 bits per heavy atom. The molecule has 1 spiro atoms. The van der Waals surface area contributed by atoms with Gasteiger partial charge in [-0.25, -0.2) is 0 Å². The van der Waals surface area contributed by atoms with Crippen molar-refractivity contribution in [2.45, 2.75) is 165 Å². The summed E-state index contributed by atoms with van der Waals surface area (Å²) in [6.45, 7) is 33.0. The molecule has 298 valence electrons. The van der Waals surface area contributed by atoms with Crippen molar-refractivity contribution in [3.8, 4) is 11.5 Å². The minimum Gasteiger partial charge on any atom is -0.518 e. The van der Waals surface area contributed by atoms with Crippen molar-refractivity contribution in [3.05, 3.63) is 35.4 Å². The van der Waals surface area contributed by atoms with Gasteiger partial charge in [-0.05, 0) is 136 Å². The smallest absolute Gasteiger partial charge is 0.324 e. The fraction of sp³-hybridized carbons (Fsp3) is 0.763. The molecular formula is C38H67NO9Si5. The number of nitrogens with zero attached hydrogens (tertiary/aromatic N) is 1. The highest BCUT2D eigenvalue weighted by atomic mass is 28.4. The molecule has 2 fully saturated rings. The van der Waals surface area contributed by atoms with Gasteiger partial charge in [0.25, 0.3) is 0 Å². The van der Waals surface area contributed by atoms with Crippen LogP contribution in [0.3, 0.4) is 0 Å². The minimum absolute atomic E-state index is 0.156. The van der Waals surface area contributed by atoms with Crippen molar-refractivity contribution in [3.63, 3.8) is 0 Å². The van der Waals surface area contributed by atoms with Crippen LogP contribution in [-0.2, 0) is 43.5 Å². The first-order valence-electron chi connectivity index (χ1n) is 19.6. The Hall–Kier alpha value is -1.13. The summed E-state index contributed by atoms with van der Waals surface area (Å²) >= 11 is 0. The molecule has 0 radical (unpaired) electrons. The van der Waals surface area contributed by atoms with Gasteiger partial charge in [0.05, 0.1) is 0 Å². The Morgan fingerprint density at radius 1 is 0.755 bits per heavy atom. The third-order valence-electron chi connectivity index (χ3n) is 10.5. The molecule has 2 bridgehead atoms. The van der Waals surface area contributed by atoms with E-state index in [1.807, 2.05) is 25.7 Å². The lowest BCUT2D eigenvalue weighted by Gasteiger charge is -2.57. The fourth-order valence-corrected chi connectivity index (χ4v) is 14.0. The van der Waals surface area contributed by atoms with Crippen molar-refractivity contribution in [2.75, 3.05) is 13.6 Å². The molecule has 6 rings (SSSR count). The number of carbonyl (C=O) groups is 1. The van der Waals surface area contributed by atoms with Gasteiger partial charge in [-0.2, -0.15) is 0 Å². The summed E-state index contributed by atoms with van der Waals surface area (Å²) in [7, 11) is -8.68. The molecule has 0 aromatic heterocycles. The van der Waals surface area contributed by atoms with E-state index in [1.54, 1.807) is 0 Å². The van der Waals surface area contributed by atoms with Crippen LogP contribution in [0, 0.1) is 5.92 Å². The number of benzene rings is 1. The van der Waals surface area contributed by atoms with Gasteiger partial charge in [0, 0.05) is 22.9 Å². The fourth-order valence-electron chi connectivity index (χ4n) is 9.00. The van der Waals surface area contributed by atoms with Gasteiger partial charge in [0.15, 0.2) is 50.9 Å². The first-order chi connectivity index (χ1) is 24.2. The maximum absolute atomic E-state index is 14.2. The van der Waals surface area contributed by atoms with E-state index in [4.69, 9.17) is 36.3 Å². The van der Waals surface area contributed by atoms with Gasteiger partial charge >= 0.3 is 5.97 Å². The molecule has 1 aromatic rings. The van der Waals surface area contributed by atoms with E-state index in [1.165, 1.54) is 11.1 Å². The largest absolute Gasteiger partial charge is 0.518 e. The number of likely N-dealkylation sites (tertiary alicyclic amines) is 1. The van der Waals surface area contributed by atoms with Crippen molar-refractivity contribution < 1.29 is 41.1 Å². The van der Waals surface area contributed by atoms with Gasteiger partial charge in [0.2, 0.25) is 14.6 Å². The average Bonchev–Trinajstić information content (AvgIpc) is 3.31. The number of piperidine rings is 1. The highest BCUT2D eigenvalue weighted by molar-refractivity contribution is 6.72. The molecule has 2 saturated heterocycles. The van der Waals surface area contributed by atoms with Crippen LogP contribution in [0.15, 0.2) is 24.3 Å². The summed E-state index contributed by atoms with van der Waals surface area (Å²) in [5.74, 6) is 1.23. The number of rotatable bonds is 12. The van der Waals surface area contributed by atoms with Crippen LogP contribution >= 0.6 is 0 Å². The molecule has 15 heteroatoms. The maximum atomic E-state index is 14.2. The van der Waals surface area contributed by atoms with E-state index < -0.39 is 78.3 Å². The lowest BCUT2D eigenvalue weighted by molar-refractivity contribution is -0.260. The Labute approximate surface area is 324 Å². The molecule has 1 aromatic carbocycles. The SMILES string of the molecule is CN1CCC23c4c5ccc(OC6OC(C(=O)O[Si](C)(C)C)C(O[Si](C)(C)C)C(O[Si](C)(C)C)C6O[Si](C)(C)C)c4OC2C(O[Si](C)(C)C)C=CC3C1C5. The first kappa shape index (κ1) is 41.5. The zero-order chi connectivity index (χ0) is 39.3. The van der Waals surface area contributed by atoms with Crippen molar-refractivity contribution in [1.29, 1.82) is 0 Å². The van der Waals surface area contributed by atoms with Crippen LogP contribution in [0.1, 0.15) is 17.5 Å². The van der Waals surface area contributed by atoms with Crippen molar-refractivity contribution in [1.82, 2.24) is 4.90 Å². The lowest BCUT2D eigenvalue weighted by Crippen LogP contribution is -2.68. The van der Waals surface area contributed by atoms with Crippen LogP contribution in [-0.4, -0.2) is 115 Å². The second-order valence-electron chi connectivity index (χ2n) is 20.8. The van der Waals surface area contributed by atoms with Crippen LogP contribution in [0.5, 0.6) is 11.5 Å². The van der Waals surface area contributed by atoms with Gasteiger partial charge in [-0.1, -0.05) is 18.2 Å². The zero-order valence-corrected chi connectivity index (χ0v) is 40.2. The molecule has 10 atom stereocenters. The van der Waals surface area contributed by atoms with Crippen LogP contribution in [0.25, 0.3) is 0 Å². The van der Waals surface area contributed by atoms with Crippen molar-refractivity contribution >= 4 is 47.6 Å².